The Morgan fingerprint density at radius 1 is 1.22 bits per heavy atom. The SMILES string of the molecule is CNC(=O)C(NC(=O)c1coc(-c2ccc(C#N)cc2)n1)C1CCCCC1. The molecule has 1 fully saturated rings. The van der Waals surface area contributed by atoms with Gasteiger partial charge in [0.2, 0.25) is 11.8 Å². The van der Waals surface area contributed by atoms with Gasteiger partial charge < -0.3 is 15.1 Å². The molecule has 1 aliphatic carbocycles. The second-order valence-electron chi connectivity index (χ2n) is 6.69. The van der Waals surface area contributed by atoms with Gasteiger partial charge in [0.25, 0.3) is 5.91 Å². The molecule has 7 nitrogen and oxygen atoms in total. The van der Waals surface area contributed by atoms with Crippen molar-refractivity contribution in [1.82, 2.24) is 15.6 Å². The number of nitriles is 1. The summed E-state index contributed by atoms with van der Waals surface area (Å²) in [6.45, 7) is 0. The predicted octanol–water partition coefficient (Wildman–Crippen LogP) is 2.64. The summed E-state index contributed by atoms with van der Waals surface area (Å²) in [7, 11) is 1.57. The van der Waals surface area contributed by atoms with Crippen molar-refractivity contribution in [2.24, 2.45) is 5.92 Å². The number of rotatable bonds is 5. The lowest BCUT2D eigenvalue weighted by Crippen LogP contribution is -2.50. The molecule has 0 aliphatic heterocycles. The van der Waals surface area contributed by atoms with Crippen molar-refractivity contribution in [3.63, 3.8) is 0 Å². The average Bonchev–Trinajstić information content (AvgIpc) is 3.22. The highest BCUT2D eigenvalue weighted by Gasteiger charge is 2.31. The molecular weight excluding hydrogens is 344 g/mol. The highest BCUT2D eigenvalue weighted by molar-refractivity contribution is 5.96. The van der Waals surface area contributed by atoms with E-state index >= 15 is 0 Å². The molecule has 2 aromatic rings. The van der Waals surface area contributed by atoms with Gasteiger partial charge >= 0.3 is 0 Å². The molecule has 1 aromatic heterocycles. The van der Waals surface area contributed by atoms with E-state index in [0.717, 1.165) is 25.7 Å². The van der Waals surface area contributed by atoms with Crippen molar-refractivity contribution in [2.75, 3.05) is 7.05 Å². The summed E-state index contributed by atoms with van der Waals surface area (Å²) in [4.78, 5) is 29.1. The lowest BCUT2D eigenvalue weighted by molar-refractivity contribution is -0.124. The van der Waals surface area contributed by atoms with Gasteiger partial charge in [-0.25, -0.2) is 4.98 Å². The summed E-state index contributed by atoms with van der Waals surface area (Å²) in [5, 5.41) is 14.3. The van der Waals surface area contributed by atoms with Crippen molar-refractivity contribution < 1.29 is 14.0 Å². The van der Waals surface area contributed by atoms with Crippen LogP contribution >= 0.6 is 0 Å². The van der Waals surface area contributed by atoms with E-state index in [1.54, 1.807) is 31.3 Å². The maximum atomic E-state index is 12.6. The highest BCUT2D eigenvalue weighted by Crippen LogP contribution is 2.27. The van der Waals surface area contributed by atoms with Crippen LogP contribution in [-0.2, 0) is 4.79 Å². The van der Waals surface area contributed by atoms with Gasteiger partial charge in [-0.3, -0.25) is 9.59 Å². The standard InChI is InChI=1S/C20H22N4O3/c1-22-19(26)17(14-5-3-2-4-6-14)24-18(25)16-12-27-20(23-16)15-9-7-13(11-21)8-10-15/h7-10,12,14,17H,2-6H2,1H3,(H,22,26)(H,24,25). The highest BCUT2D eigenvalue weighted by atomic mass is 16.3. The molecular formula is C20H22N4O3. The fourth-order valence-electron chi connectivity index (χ4n) is 3.43. The number of amides is 2. The third kappa shape index (κ3) is 4.34. The zero-order valence-electron chi connectivity index (χ0n) is 15.2. The maximum absolute atomic E-state index is 12.6. The van der Waals surface area contributed by atoms with E-state index in [9.17, 15) is 9.59 Å². The van der Waals surface area contributed by atoms with E-state index in [0.29, 0.717) is 17.0 Å². The van der Waals surface area contributed by atoms with Crippen molar-refractivity contribution in [3.05, 3.63) is 41.8 Å². The summed E-state index contributed by atoms with van der Waals surface area (Å²) >= 11 is 0. The van der Waals surface area contributed by atoms with Gasteiger partial charge in [-0.1, -0.05) is 19.3 Å². The second kappa shape index (κ2) is 8.49. The lowest BCUT2D eigenvalue weighted by Gasteiger charge is -2.29. The summed E-state index contributed by atoms with van der Waals surface area (Å²) in [6.07, 6.45) is 6.44. The third-order valence-electron chi connectivity index (χ3n) is 4.93. The minimum absolute atomic E-state index is 0.124. The van der Waals surface area contributed by atoms with Gasteiger partial charge in [0.05, 0.1) is 11.6 Å². The number of carbonyl (C=O) groups is 2. The molecule has 7 heteroatoms. The minimum Gasteiger partial charge on any atom is -0.444 e. The molecule has 2 amide bonds. The van der Waals surface area contributed by atoms with Gasteiger partial charge in [0.15, 0.2) is 5.69 Å². The minimum atomic E-state index is -0.571. The van der Waals surface area contributed by atoms with Crippen LogP contribution < -0.4 is 10.6 Å². The van der Waals surface area contributed by atoms with Crippen LogP contribution in [0.2, 0.25) is 0 Å². The normalized spacial score (nSPS) is 15.6. The first-order valence-corrected chi connectivity index (χ1v) is 9.11. The number of oxazole rings is 1. The number of hydrogen-bond acceptors (Lipinski definition) is 5. The largest absolute Gasteiger partial charge is 0.444 e. The quantitative estimate of drug-likeness (QED) is 0.846. The van der Waals surface area contributed by atoms with Crippen LogP contribution in [0.25, 0.3) is 11.5 Å². The second-order valence-corrected chi connectivity index (χ2v) is 6.69. The number of carbonyl (C=O) groups excluding carboxylic acids is 2. The van der Waals surface area contributed by atoms with Gasteiger partial charge in [0.1, 0.15) is 12.3 Å². The molecule has 27 heavy (non-hydrogen) atoms. The molecule has 1 atom stereocenters. The Balaban J connectivity index is 1.73. The molecule has 0 radical (unpaired) electrons. The van der Waals surface area contributed by atoms with Crippen LogP contribution in [-0.4, -0.2) is 29.9 Å². The maximum Gasteiger partial charge on any atom is 0.273 e. The van der Waals surface area contributed by atoms with Gasteiger partial charge in [-0.2, -0.15) is 5.26 Å². The van der Waals surface area contributed by atoms with Crippen molar-refractivity contribution in [3.8, 4) is 17.5 Å². The van der Waals surface area contributed by atoms with Crippen LogP contribution in [0, 0.1) is 17.2 Å². The molecule has 1 aliphatic rings. The summed E-state index contributed by atoms with van der Waals surface area (Å²) in [5.74, 6) is -0.199. The molecule has 0 bridgehead atoms. The van der Waals surface area contributed by atoms with Gasteiger partial charge in [-0.15, -0.1) is 0 Å². The van der Waals surface area contributed by atoms with E-state index in [1.165, 1.54) is 12.7 Å². The summed E-state index contributed by atoms with van der Waals surface area (Å²) < 4.78 is 5.40. The Bertz CT molecular complexity index is 845. The first-order chi connectivity index (χ1) is 13.1. The van der Waals surface area contributed by atoms with Crippen molar-refractivity contribution in [2.45, 2.75) is 38.1 Å². The molecule has 3 rings (SSSR count). The first-order valence-electron chi connectivity index (χ1n) is 9.11. The molecule has 0 spiro atoms. The Labute approximate surface area is 157 Å². The molecule has 2 N–H and O–H groups in total. The van der Waals surface area contributed by atoms with Gasteiger partial charge in [-0.05, 0) is 43.0 Å². The fourth-order valence-corrected chi connectivity index (χ4v) is 3.43. The molecule has 0 saturated heterocycles. The summed E-state index contributed by atoms with van der Waals surface area (Å²) in [5.41, 5.74) is 1.33. The Hall–Kier alpha value is -3.14. The number of hydrogen-bond donors (Lipinski definition) is 2. The number of aromatic nitrogens is 1. The van der Waals surface area contributed by atoms with Crippen LogP contribution in [0.1, 0.15) is 48.2 Å². The Kier molecular flexibility index (Phi) is 5.87. The Morgan fingerprint density at radius 2 is 1.93 bits per heavy atom. The molecule has 1 aromatic carbocycles. The van der Waals surface area contributed by atoms with Gasteiger partial charge in [0, 0.05) is 12.6 Å². The zero-order chi connectivity index (χ0) is 19.2. The number of nitrogens with one attached hydrogen (secondary N) is 2. The first kappa shape index (κ1) is 18.6. The number of likely N-dealkylation sites (N-methyl/N-ethyl adjacent to an activating group) is 1. The van der Waals surface area contributed by atoms with E-state index in [1.807, 2.05) is 6.07 Å². The number of benzene rings is 1. The predicted molar refractivity (Wildman–Crippen MR) is 98.5 cm³/mol. The topological polar surface area (TPSA) is 108 Å². The van der Waals surface area contributed by atoms with Crippen LogP contribution in [0.15, 0.2) is 34.9 Å². The summed E-state index contributed by atoms with van der Waals surface area (Å²) in [6, 6.07) is 8.21. The molecule has 1 unspecified atom stereocenters. The van der Waals surface area contributed by atoms with E-state index in [2.05, 4.69) is 15.6 Å². The van der Waals surface area contributed by atoms with E-state index < -0.39 is 11.9 Å². The van der Waals surface area contributed by atoms with E-state index in [-0.39, 0.29) is 17.5 Å². The van der Waals surface area contributed by atoms with Crippen LogP contribution in [0.4, 0.5) is 0 Å². The third-order valence-corrected chi connectivity index (χ3v) is 4.93. The van der Waals surface area contributed by atoms with Crippen LogP contribution in [0.3, 0.4) is 0 Å². The fraction of sp³-hybridized carbons (Fsp3) is 0.400. The number of nitrogens with zero attached hydrogens (tertiary/aromatic N) is 2. The average molecular weight is 366 g/mol. The van der Waals surface area contributed by atoms with E-state index in [4.69, 9.17) is 9.68 Å². The molecule has 1 heterocycles. The van der Waals surface area contributed by atoms with Crippen LogP contribution in [0.5, 0.6) is 0 Å². The monoisotopic (exact) mass is 366 g/mol. The lowest BCUT2D eigenvalue weighted by atomic mass is 9.83. The Morgan fingerprint density at radius 3 is 2.56 bits per heavy atom. The van der Waals surface area contributed by atoms with Crippen molar-refractivity contribution in [1.29, 1.82) is 5.26 Å². The van der Waals surface area contributed by atoms with Crippen molar-refractivity contribution >= 4 is 11.8 Å². The molecule has 140 valence electrons. The zero-order valence-corrected chi connectivity index (χ0v) is 15.2. The molecule has 1 saturated carbocycles. The smallest absolute Gasteiger partial charge is 0.273 e.